The first-order valence-electron chi connectivity index (χ1n) is 5.59. The van der Waals surface area contributed by atoms with E-state index in [1.54, 1.807) is 18.2 Å². The second-order valence-corrected chi connectivity index (χ2v) is 4.61. The smallest absolute Gasteiger partial charge is 0.287 e. The van der Waals surface area contributed by atoms with Gasteiger partial charge in [-0.3, -0.25) is 10.2 Å². The van der Waals surface area contributed by atoms with Gasteiger partial charge in [0.1, 0.15) is 12.4 Å². The summed E-state index contributed by atoms with van der Waals surface area (Å²) >= 11 is 11.7. The number of carbonyl (C=O) groups excluding carboxylic acids is 1. The standard InChI is InChI=1S/C11H11Cl2N5O2/c12-7-1-2-10(8(13)5-7)20-4-3-18-6-9(16-17-18)11(19)15-14/h1-2,5-6H,3-4,14H2,(H,15,19). The van der Waals surface area contributed by atoms with E-state index in [-0.39, 0.29) is 5.69 Å². The molecule has 0 aliphatic carbocycles. The van der Waals surface area contributed by atoms with Gasteiger partial charge in [-0.05, 0) is 18.2 Å². The number of nitrogens with zero attached hydrogens (tertiary/aromatic N) is 3. The minimum atomic E-state index is -0.502. The van der Waals surface area contributed by atoms with Crippen molar-refractivity contribution in [2.24, 2.45) is 5.84 Å². The minimum Gasteiger partial charge on any atom is -0.490 e. The Morgan fingerprint density at radius 1 is 1.45 bits per heavy atom. The van der Waals surface area contributed by atoms with Crippen LogP contribution in [0.5, 0.6) is 5.75 Å². The molecule has 0 aliphatic rings. The molecule has 3 N–H and O–H groups in total. The van der Waals surface area contributed by atoms with E-state index in [2.05, 4.69) is 10.3 Å². The molecule has 7 nitrogen and oxygen atoms in total. The maximum atomic E-state index is 11.2. The SMILES string of the molecule is NNC(=O)c1cn(CCOc2ccc(Cl)cc2Cl)nn1. The van der Waals surface area contributed by atoms with Crippen molar-refractivity contribution in [3.05, 3.63) is 40.1 Å². The number of nitrogens with two attached hydrogens (primary N) is 1. The lowest BCUT2D eigenvalue weighted by atomic mass is 10.3. The Kier molecular flexibility index (Phi) is 4.78. The summed E-state index contributed by atoms with van der Waals surface area (Å²) in [6, 6.07) is 4.96. The molecular weight excluding hydrogens is 305 g/mol. The van der Waals surface area contributed by atoms with Crippen LogP contribution >= 0.6 is 23.2 Å². The molecule has 0 radical (unpaired) electrons. The lowest BCUT2D eigenvalue weighted by Crippen LogP contribution is -2.30. The highest BCUT2D eigenvalue weighted by Gasteiger charge is 2.09. The van der Waals surface area contributed by atoms with Crippen molar-refractivity contribution < 1.29 is 9.53 Å². The van der Waals surface area contributed by atoms with Crippen LogP contribution in [0.3, 0.4) is 0 Å². The molecule has 0 bridgehead atoms. The monoisotopic (exact) mass is 315 g/mol. The summed E-state index contributed by atoms with van der Waals surface area (Å²) < 4.78 is 6.95. The average Bonchev–Trinajstić information content (AvgIpc) is 2.89. The van der Waals surface area contributed by atoms with Crippen LogP contribution in [0.25, 0.3) is 0 Å². The number of amides is 1. The summed E-state index contributed by atoms with van der Waals surface area (Å²) in [4.78, 5) is 11.2. The normalized spacial score (nSPS) is 10.3. The summed E-state index contributed by atoms with van der Waals surface area (Å²) in [5.74, 6) is 5.01. The summed E-state index contributed by atoms with van der Waals surface area (Å²) in [6.45, 7) is 0.720. The second-order valence-electron chi connectivity index (χ2n) is 3.76. The molecule has 20 heavy (non-hydrogen) atoms. The quantitative estimate of drug-likeness (QED) is 0.492. The molecule has 1 aromatic carbocycles. The maximum absolute atomic E-state index is 11.2. The fourth-order valence-corrected chi connectivity index (χ4v) is 1.89. The molecule has 1 amide bonds. The van der Waals surface area contributed by atoms with Crippen LogP contribution in [0.1, 0.15) is 10.5 Å². The van der Waals surface area contributed by atoms with Gasteiger partial charge in [0.2, 0.25) is 0 Å². The number of ether oxygens (including phenoxy) is 1. The van der Waals surface area contributed by atoms with E-state index in [0.29, 0.717) is 28.9 Å². The van der Waals surface area contributed by atoms with Gasteiger partial charge in [0.05, 0.1) is 17.8 Å². The van der Waals surface area contributed by atoms with Crippen LogP contribution in [0.2, 0.25) is 10.0 Å². The molecule has 9 heteroatoms. The van der Waals surface area contributed by atoms with Gasteiger partial charge >= 0.3 is 0 Å². The molecule has 0 saturated heterocycles. The first-order valence-corrected chi connectivity index (χ1v) is 6.34. The fraction of sp³-hybridized carbons (Fsp3) is 0.182. The molecule has 0 atom stereocenters. The zero-order chi connectivity index (χ0) is 14.5. The van der Waals surface area contributed by atoms with Crippen molar-refractivity contribution in [2.75, 3.05) is 6.61 Å². The highest BCUT2D eigenvalue weighted by Crippen LogP contribution is 2.27. The van der Waals surface area contributed by atoms with Gasteiger partial charge in [-0.15, -0.1) is 5.10 Å². The number of nitrogens with one attached hydrogen (secondary N) is 1. The van der Waals surface area contributed by atoms with E-state index in [1.165, 1.54) is 10.9 Å². The summed E-state index contributed by atoms with van der Waals surface area (Å²) in [7, 11) is 0. The minimum absolute atomic E-state index is 0.136. The molecule has 1 aromatic heterocycles. The lowest BCUT2D eigenvalue weighted by Gasteiger charge is -2.07. The van der Waals surface area contributed by atoms with Crippen molar-refractivity contribution in [1.29, 1.82) is 0 Å². The predicted molar refractivity (Wildman–Crippen MR) is 73.6 cm³/mol. The van der Waals surface area contributed by atoms with Gasteiger partial charge in [0.25, 0.3) is 5.91 Å². The Hall–Kier alpha value is -1.83. The Labute approximate surface area is 124 Å². The summed E-state index contributed by atoms with van der Waals surface area (Å²) in [5.41, 5.74) is 2.11. The van der Waals surface area contributed by atoms with Crippen molar-refractivity contribution in [2.45, 2.75) is 6.54 Å². The predicted octanol–water partition coefficient (Wildman–Crippen LogP) is 1.27. The molecule has 0 saturated carbocycles. The van der Waals surface area contributed by atoms with Gasteiger partial charge in [0, 0.05) is 5.02 Å². The number of rotatable bonds is 5. The molecule has 0 aliphatic heterocycles. The molecule has 0 fully saturated rings. The van der Waals surface area contributed by atoms with Crippen molar-refractivity contribution in [3.8, 4) is 5.75 Å². The zero-order valence-corrected chi connectivity index (χ0v) is 11.7. The Bertz CT molecular complexity index is 617. The number of nitrogen functional groups attached to an aromatic ring is 1. The molecule has 106 valence electrons. The van der Waals surface area contributed by atoms with Crippen LogP contribution in [0.4, 0.5) is 0 Å². The molecule has 0 unspecified atom stereocenters. The highest BCUT2D eigenvalue weighted by molar-refractivity contribution is 6.35. The number of benzene rings is 1. The Balaban J connectivity index is 1.89. The van der Waals surface area contributed by atoms with E-state index in [0.717, 1.165) is 0 Å². The van der Waals surface area contributed by atoms with E-state index in [1.807, 2.05) is 5.43 Å². The van der Waals surface area contributed by atoms with Crippen LogP contribution in [0.15, 0.2) is 24.4 Å². The fourth-order valence-electron chi connectivity index (χ4n) is 1.43. The number of halogens is 2. The van der Waals surface area contributed by atoms with Gasteiger partial charge in [-0.1, -0.05) is 28.4 Å². The number of aromatic nitrogens is 3. The number of hydrogen-bond acceptors (Lipinski definition) is 5. The van der Waals surface area contributed by atoms with Gasteiger partial charge < -0.3 is 4.74 Å². The highest BCUT2D eigenvalue weighted by atomic mass is 35.5. The Morgan fingerprint density at radius 2 is 2.25 bits per heavy atom. The van der Waals surface area contributed by atoms with Crippen molar-refractivity contribution >= 4 is 29.1 Å². The summed E-state index contributed by atoms with van der Waals surface area (Å²) in [6.07, 6.45) is 1.47. The molecule has 2 rings (SSSR count). The number of carbonyl (C=O) groups is 1. The third-order valence-electron chi connectivity index (χ3n) is 2.37. The van der Waals surface area contributed by atoms with Crippen LogP contribution in [0, 0.1) is 0 Å². The maximum Gasteiger partial charge on any atom is 0.287 e. The lowest BCUT2D eigenvalue weighted by molar-refractivity contribution is 0.0948. The topological polar surface area (TPSA) is 95.1 Å². The summed E-state index contributed by atoms with van der Waals surface area (Å²) in [5, 5.41) is 8.40. The Morgan fingerprint density at radius 3 is 2.95 bits per heavy atom. The average molecular weight is 316 g/mol. The second kappa shape index (κ2) is 6.56. The molecular formula is C11H11Cl2N5O2. The van der Waals surface area contributed by atoms with Crippen molar-refractivity contribution in [3.63, 3.8) is 0 Å². The largest absolute Gasteiger partial charge is 0.490 e. The van der Waals surface area contributed by atoms with Gasteiger partial charge in [-0.2, -0.15) is 0 Å². The molecule has 2 aromatic rings. The number of hydrogen-bond donors (Lipinski definition) is 2. The van der Waals surface area contributed by atoms with Gasteiger partial charge in [-0.25, -0.2) is 10.5 Å². The van der Waals surface area contributed by atoms with Crippen LogP contribution in [-0.2, 0) is 6.54 Å². The third-order valence-corrected chi connectivity index (χ3v) is 2.90. The van der Waals surface area contributed by atoms with Crippen LogP contribution in [-0.4, -0.2) is 27.5 Å². The number of hydrazine groups is 1. The molecule has 0 spiro atoms. The van der Waals surface area contributed by atoms with Crippen LogP contribution < -0.4 is 16.0 Å². The first kappa shape index (κ1) is 14.6. The molecule has 1 heterocycles. The van der Waals surface area contributed by atoms with E-state index in [4.69, 9.17) is 33.8 Å². The van der Waals surface area contributed by atoms with E-state index < -0.39 is 5.91 Å². The van der Waals surface area contributed by atoms with E-state index >= 15 is 0 Å². The van der Waals surface area contributed by atoms with Gasteiger partial charge in [0.15, 0.2) is 5.69 Å². The van der Waals surface area contributed by atoms with Crippen molar-refractivity contribution in [1.82, 2.24) is 20.4 Å². The first-order chi connectivity index (χ1) is 9.60. The van der Waals surface area contributed by atoms with E-state index in [9.17, 15) is 4.79 Å². The zero-order valence-electron chi connectivity index (χ0n) is 10.2. The third kappa shape index (κ3) is 3.60.